The molecule has 0 radical (unpaired) electrons. The summed E-state index contributed by atoms with van der Waals surface area (Å²) in [6, 6.07) is 19.3. The van der Waals surface area contributed by atoms with Gasteiger partial charge in [-0.05, 0) is 36.8 Å². The van der Waals surface area contributed by atoms with E-state index >= 15 is 0 Å². The van der Waals surface area contributed by atoms with E-state index in [0.29, 0.717) is 25.7 Å². The van der Waals surface area contributed by atoms with E-state index in [0.717, 1.165) is 11.1 Å². The van der Waals surface area contributed by atoms with Crippen molar-refractivity contribution in [1.29, 1.82) is 0 Å². The Morgan fingerprint density at radius 3 is 1.72 bits per heavy atom. The Morgan fingerprint density at radius 1 is 0.840 bits per heavy atom. The molecule has 2 aromatic rings. The normalized spacial score (nSPS) is 13.0. The second-order valence-electron chi connectivity index (χ2n) is 6.21. The van der Waals surface area contributed by atoms with Crippen LogP contribution in [0.3, 0.4) is 0 Å². The Labute approximate surface area is 148 Å². The first-order chi connectivity index (χ1) is 12.1. The Bertz CT molecular complexity index is 667. The molecule has 25 heavy (non-hydrogen) atoms. The van der Waals surface area contributed by atoms with Gasteiger partial charge >= 0.3 is 11.9 Å². The third kappa shape index (κ3) is 6.07. The fourth-order valence-corrected chi connectivity index (χ4v) is 2.98. The standard InChI is InChI=1S/C21H24O4/c1-25-21(24)19(15-17-10-6-3-7-11-17)13-12-18(20(22)23)14-16-8-4-2-5-9-16/h2-11,18-19H,12-15H2,1H3,(H,22,23). The van der Waals surface area contributed by atoms with E-state index in [-0.39, 0.29) is 11.9 Å². The topological polar surface area (TPSA) is 63.6 Å². The molecule has 1 N–H and O–H groups in total. The van der Waals surface area contributed by atoms with Crippen molar-refractivity contribution in [1.82, 2.24) is 0 Å². The zero-order chi connectivity index (χ0) is 18.1. The van der Waals surface area contributed by atoms with Gasteiger partial charge in [-0.1, -0.05) is 60.7 Å². The van der Waals surface area contributed by atoms with Crippen LogP contribution in [0.4, 0.5) is 0 Å². The summed E-state index contributed by atoms with van der Waals surface area (Å²) in [5.41, 5.74) is 2.04. The molecule has 0 amide bonds. The monoisotopic (exact) mass is 340 g/mol. The number of ether oxygens (including phenoxy) is 1. The average Bonchev–Trinajstić information content (AvgIpc) is 2.64. The van der Waals surface area contributed by atoms with Gasteiger partial charge in [-0.3, -0.25) is 9.59 Å². The van der Waals surface area contributed by atoms with Crippen LogP contribution < -0.4 is 0 Å². The van der Waals surface area contributed by atoms with Crippen molar-refractivity contribution < 1.29 is 19.4 Å². The number of carboxylic acid groups (broad SMARTS) is 1. The molecular weight excluding hydrogens is 316 g/mol. The number of hydrogen-bond donors (Lipinski definition) is 1. The highest BCUT2D eigenvalue weighted by Gasteiger charge is 2.24. The molecular formula is C21H24O4. The maximum absolute atomic E-state index is 12.1. The highest BCUT2D eigenvalue weighted by atomic mass is 16.5. The molecule has 0 aliphatic heterocycles. The van der Waals surface area contributed by atoms with Crippen molar-refractivity contribution in [2.24, 2.45) is 11.8 Å². The summed E-state index contributed by atoms with van der Waals surface area (Å²) >= 11 is 0. The maximum Gasteiger partial charge on any atom is 0.308 e. The van der Waals surface area contributed by atoms with Crippen LogP contribution in [0.1, 0.15) is 24.0 Å². The van der Waals surface area contributed by atoms with Crippen LogP contribution >= 0.6 is 0 Å². The molecule has 2 rings (SSSR count). The molecule has 132 valence electrons. The Morgan fingerprint density at radius 2 is 1.28 bits per heavy atom. The highest BCUT2D eigenvalue weighted by Crippen LogP contribution is 2.22. The van der Waals surface area contributed by atoms with Gasteiger partial charge in [0.15, 0.2) is 0 Å². The van der Waals surface area contributed by atoms with Crippen molar-refractivity contribution in [3.8, 4) is 0 Å². The quantitative estimate of drug-likeness (QED) is 0.706. The third-order valence-electron chi connectivity index (χ3n) is 4.40. The first-order valence-corrected chi connectivity index (χ1v) is 8.48. The Hall–Kier alpha value is -2.62. The van der Waals surface area contributed by atoms with Crippen LogP contribution in [-0.2, 0) is 27.2 Å². The van der Waals surface area contributed by atoms with E-state index in [2.05, 4.69) is 0 Å². The number of esters is 1. The van der Waals surface area contributed by atoms with Gasteiger partial charge in [-0.2, -0.15) is 0 Å². The Balaban J connectivity index is 2.01. The van der Waals surface area contributed by atoms with Crippen molar-refractivity contribution in [3.05, 3.63) is 71.8 Å². The zero-order valence-corrected chi connectivity index (χ0v) is 14.4. The summed E-state index contributed by atoms with van der Waals surface area (Å²) in [6.07, 6.45) is 1.96. The van der Waals surface area contributed by atoms with Gasteiger partial charge in [0.1, 0.15) is 0 Å². The molecule has 2 aromatic carbocycles. The van der Waals surface area contributed by atoms with Gasteiger partial charge < -0.3 is 9.84 Å². The minimum atomic E-state index is -0.827. The van der Waals surface area contributed by atoms with Crippen molar-refractivity contribution in [2.75, 3.05) is 7.11 Å². The summed E-state index contributed by atoms with van der Waals surface area (Å²) < 4.78 is 4.91. The van der Waals surface area contributed by atoms with Gasteiger partial charge in [0.05, 0.1) is 18.9 Å². The molecule has 0 heterocycles. The molecule has 0 spiro atoms. The lowest BCUT2D eigenvalue weighted by molar-refractivity contribution is -0.147. The number of rotatable bonds is 9. The second kappa shape index (κ2) is 9.62. The van der Waals surface area contributed by atoms with Gasteiger partial charge in [-0.25, -0.2) is 0 Å². The van der Waals surface area contributed by atoms with Crippen molar-refractivity contribution in [2.45, 2.75) is 25.7 Å². The number of hydrogen-bond acceptors (Lipinski definition) is 3. The minimum absolute atomic E-state index is 0.285. The van der Waals surface area contributed by atoms with Crippen LogP contribution in [0.5, 0.6) is 0 Å². The minimum Gasteiger partial charge on any atom is -0.481 e. The molecule has 0 saturated carbocycles. The first-order valence-electron chi connectivity index (χ1n) is 8.48. The van der Waals surface area contributed by atoms with E-state index in [9.17, 15) is 14.7 Å². The lowest BCUT2D eigenvalue weighted by Crippen LogP contribution is -2.23. The summed E-state index contributed by atoms with van der Waals surface area (Å²) in [6.45, 7) is 0. The number of carbonyl (C=O) groups is 2. The van der Waals surface area contributed by atoms with Crippen LogP contribution in [0, 0.1) is 11.8 Å². The van der Waals surface area contributed by atoms with Crippen LogP contribution in [0.2, 0.25) is 0 Å². The fourth-order valence-electron chi connectivity index (χ4n) is 2.98. The predicted octanol–water partition coefficient (Wildman–Crippen LogP) is 3.74. The number of aliphatic carboxylic acids is 1. The second-order valence-corrected chi connectivity index (χ2v) is 6.21. The molecule has 0 aliphatic carbocycles. The van der Waals surface area contributed by atoms with Crippen molar-refractivity contribution in [3.63, 3.8) is 0 Å². The lowest BCUT2D eigenvalue weighted by atomic mass is 9.88. The number of methoxy groups -OCH3 is 1. The van der Waals surface area contributed by atoms with E-state index in [4.69, 9.17) is 4.74 Å². The molecule has 0 bridgehead atoms. The maximum atomic E-state index is 12.1. The van der Waals surface area contributed by atoms with Crippen LogP contribution in [0.25, 0.3) is 0 Å². The SMILES string of the molecule is COC(=O)C(CCC(Cc1ccccc1)C(=O)O)Cc1ccccc1. The van der Waals surface area contributed by atoms with Gasteiger partial charge in [0.25, 0.3) is 0 Å². The van der Waals surface area contributed by atoms with Crippen LogP contribution in [-0.4, -0.2) is 24.2 Å². The smallest absolute Gasteiger partial charge is 0.308 e. The van der Waals surface area contributed by atoms with Gasteiger partial charge in [0, 0.05) is 0 Å². The van der Waals surface area contributed by atoms with E-state index in [1.54, 1.807) is 0 Å². The van der Waals surface area contributed by atoms with Gasteiger partial charge in [-0.15, -0.1) is 0 Å². The molecule has 2 unspecified atom stereocenters. The highest BCUT2D eigenvalue weighted by molar-refractivity contribution is 5.73. The fraction of sp³-hybridized carbons (Fsp3) is 0.333. The summed E-state index contributed by atoms with van der Waals surface area (Å²) in [5.74, 6) is -1.95. The molecule has 0 saturated heterocycles. The molecule has 4 nitrogen and oxygen atoms in total. The Kier molecular flexibility index (Phi) is 7.20. The number of benzene rings is 2. The number of carboxylic acids is 1. The summed E-state index contributed by atoms with van der Waals surface area (Å²) in [4.78, 5) is 23.7. The molecule has 4 heteroatoms. The first kappa shape index (κ1) is 18.7. The summed E-state index contributed by atoms with van der Waals surface area (Å²) in [5, 5.41) is 9.52. The molecule has 0 fully saturated rings. The molecule has 0 aromatic heterocycles. The molecule has 2 atom stereocenters. The van der Waals surface area contributed by atoms with Gasteiger partial charge in [0.2, 0.25) is 0 Å². The summed E-state index contributed by atoms with van der Waals surface area (Å²) in [7, 11) is 1.37. The molecule has 0 aliphatic rings. The number of carbonyl (C=O) groups excluding carboxylic acids is 1. The van der Waals surface area contributed by atoms with E-state index in [1.165, 1.54) is 7.11 Å². The average molecular weight is 340 g/mol. The van der Waals surface area contributed by atoms with E-state index < -0.39 is 11.9 Å². The zero-order valence-electron chi connectivity index (χ0n) is 14.4. The van der Waals surface area contributed by atoms with Crippen molar-refractivity contribution >= 4 is 11.9 Å². The third-order valence-corrected chi connectivity index (χ3v) is 4.40. The predicted molar refractivity (Wildman–Crippen MR) is 96.2 cm³/mol. The van der Waals surface area contributed by atoms with E-state index in [1.807, 2.05) is 60.7 Å². The largest absolute Gasteiger partial charge is 0.481 e. The van der Waals surface area contributed by atoms with Crippen LogP contribution in [0.15, 0.2) is 60.7 Å². The lowest BCUT2D eigenvalue weighted by Gasteiger charge is -2.18.